The highest BCUT2D eigenvalue weighted by molar-refractivity contribution is 8.18. The summed E-state index contributed by atoms with van der Waals surface area (Å²) in [7, 11) is 0. The predicted molar refractivity (Wildman–Crippen MR) is 120 cm³/mol. The number of nitrogens with zero attached hydrogens (tertiary/aromatic N) is 2. The van der Waals surface area contributed by atoms with Crippen molar-refractivity contribution >= 4 is 57.6 Å². The monoisotopic (exact) mass is 443 g/mol. The lowest BCUT2D eigenvalue weighted by Crippen LogP contribution is -2.36. The van der Waals surface area contributed by atoms with Crippen molar-refractivity contribution in [1.82, 2.24) is 4.90 Å². The number of benzene rings is 1. The smallest absolute Gasteiger partial charge is 0.294 e. The molecule has 0 aliphatic carbocycles. The van der Waals surface area contributed by atoms with Gasteiger partial charge in [-0.25, -0.2) is 0 Å². The first kappa shape index (κ1) is 20.6. The number of aryl methyl sites for hydroxylation is 1. The number of imide groups is 1. The van der Waals surface area contributed by atoms with Crippen LogP contribution in [-0.2, 0) is 14.3 Å². The summed E-state index contributed by atoms with van der Waals surface area (Å²) in [6, 6.07) is 11.4. The van der Waals surface area contributed by atoms with Crippen LogP contribution in [0.15, 0.2) is 41.3 Å². The van der Waals surface area contributed by atoms with Gasteiger partial charge >= 0.3 is 0 Å². The van der Waals surface area contributed by atoms with Crippen molar-refractivity contribution in [1.29, 1.82) is 0 Å². The Labute approximate surface area is 182 Å². The van der Waals surface area contributed by atoms with E-state index in [4.69, 9.17) is 4.74 Å². The van der Waals surface area contributed by atoms with Crippen LogP contribution < -0.4 is 10.2 Å². The SMILES string of the molecule is Cc1ccc(/C=C2/SC(=O)N(CC(=O)Nc3ccc(N4CCOCC4)cc3)C2=O)s1. The van der Waals surface area contributed by atoms with E-state index in [1.165, 1.54) is 0 Å². The van der Waals surface area contributed by atoms with Crippen LogP contribution in [0.5, 0.6) is 0 Å². The summed E-state index contributed by atoms with van der Waals surface area (Å²) in [5.74, 6) is -0.849. The third-order valence-electron chi connectivity index (χ3n) is 4.74. The molecule has 1 aromatic heterocycles. The number of carbonyl (C=O) groups excluding carboxylic acids is 3. The number of morpholine rings is 1. The maximum atomic E-state index is 12.6. The van der Waals surface area contributed by atoms with Crippen LogP contribution in [0.1, 0.15) is 9.75 Å². The van der Waals surface area contributed by atoms with Gasteiger partial charge in [-0.3, -0.25) is 19.3 Å². The maximum Gasteiger partial charge on any atom is 0.294 e. The quantitative estimate of drug-likeness (QED) is 0.712. The van der Waals surface area contributed by atoms with Crippen molar-refractivity contribution in [2.75, 3.05) is 43.1 Å². The summed E-state index contributed by atoms with van der Waals surface area (Å²) < 4.78 is 5.36. The molecular weight excluding hydrogens is 422 g/mol. The zero-order valence-corrected chi connectivity index (χ0v) is 18.1. The number of hydrogen-bond acceptors (Lipinski definition) is 7. The van der Waals surface area contributed by atoms with Crippen molar-refractivity contribution in [2.24, 2.45) is 0 Å². The van der Waals surface area contributed by atoms with Gasteiger partial charge in [-0.05, 0) is 61.2 Å². The molecule has 2 aliphatic rings. The molecule has 1 N–H and O–H groups in total. The van der Waals surface area contributed by atoms with Gasteiger partial charge in [0.1, 0.15) is 6.54 Å². The summed E-state index contributed by atoms with van der Waals surface area (Å²) in [4.78, 5) is 42.8. The molecule has 0 bridgehead atoms. The number of amides is 3. The first-order valence-electron chi connectivity index (χ1n) is 9.54. The zero-order valence-electron chi connectivity index (χ0n) is 16.4. The van der Waals surface area contributed by atoms with Gasteiger partial charge in [0.25, 0.3) is 11.1 Å². The van der Waals surface area contributed by atoms with Gasteiger partial charge in [0.15, 0.2) is 0 Å². The van der Waals surface area contributed by atoms with Crippen LogP contribution in [0.25, 0.3) is 6.08 Å². The van der Waals surface area contributed by atoms with E-state index in [0.29, 0.717) is 23.8 Å². The van der Waals surface area contributed by atoms with Crippen LogP contribution in [0.4, 0.5) is 16.2 Å². The van der Waals surface area contributed by atoms with Gasteiger partial charge in [-0.2, -0.15) is 0 Å². The average molecular weight is 444 g/mol. The highest BCUT2D eigenvalue weighted by Gasteiger charge is 2.36. The van der Waals surface area contributed by atoms with Gasteiger partial charge in [-0.15, -0.1) is 11.3 Å². The third-order valence-corrected chi connectivity index (χ3v) is 6.59. The molecule has 30 heavy (non-hydrogen) atoms. The van der Waals surface area contributed by atoms with Crippen LogP contribution in [0.2, 0.25) is 0 Å². The Hall–Kier alpha value is -2.62. The number of carbonyl (C=O) groups is 3. The lowest BCUT2D eigenvalue weighted by Gasteiger charge is -2.28. The van der Waals surface area contributed by atoms with Crippen molar-refractivity contribution < 1.29 is 19.1 Å². The van der Waals surface area contributed by atoms with Crippen LogP contribution in [0, 0.1) is 6.92 Å². The third kappa shape index (κ3) is 4.75. The van der Waals surface area contributed by atoms with E-state index in [9.17, 15) is 14.4 Å². The minimum atomic E-state index is -0.436. The summed E-state index contributed by atoms with van der Waals surface area (Å²) in [6.07, 6.45) is 1.70. The van der Waals surface area contributed by atoms with Gasteiger partial charge < -0.3 is 15.0 Å². The van der Waals surface area contributed by atoms with E-state index in [0.717, 1.165) is 45.2 Å². The molecule has 0 saturated carbocycles. The Morgan fingerprint density at radius 3 is 2.53 bits per heavy atom. The fourth-order valence-electron chi connectivity index (χ4n) is 3.22. The molecule has 9 heteroatoms. The molecule has 2 fully saturated rings. The topological polar surface area (TPSA) is 79.0 Å². The van der Waals surface area contributed by atoms with E-state index >= 15 is 0 Å². The number of thioether (sulfide) groups is 1. The van der Waals surface area contributed by atoms with E-state index in [1.54, 1.807) is 17.4 Å². The molecule has 4 rings (SSSR count). The van der Waals surface area contributed by atoms with Crippen molar-refractivity contribution in [2.45, 2.75) is 6.92 Å². The summed E-state index contributed by atoms with van der Waals surface area (Å²) in [6.45, 7) is 4.75. The molecule has 3 amide bonds. The molecule has 0 radical (unpaired) electrons. The molecular formula is C21H21N3O4S2. The van der Waals surface area contributed by atoms with Crippen molar-refractivity contribution in [3.8, 4) is 0 Å². The number of thiophene rings is 1. The zero-order chi connectivity index (χ0) is 21.1. The molecule has 1 aromatic carbocycles. The van der Waals surface area contributed by atoms with Crippen LogP contribution >= 0.6 is 23.1 Å². The van der Waals surface area contributed by atoms with Crippen molar-refractivity contribution in [3.63, 3.8) is 0 Å². The second-order valence-corrected chi connectivity index (χ2v) is 9.22. The summed E-state index contributed by atoms with van der Waals surface area (Å²) in [5, 5.41) is 2.32. The Morgan fingerprint density at radius 1 is 1.13 bits per heavy atom. The fraction of sp³-hybridized carbons (Fsp3) is 0.286. The fourth-order valence-corrected chi connectivity index (χ4v) is 4.94. The predicted octanol–water partition coefficient (Wildman–Crippen LogP) is 3.57. The summed E-state index contributed by atoms with van der Waals surface area (Å²) >= 11 is 2.41. The number of hydrogen-bond donors (Lipinski definition) is 1. The molecule has 0 unspecified atom stereocenters. The Morgan fingerprint density at radius 2 is 1.87 bits per heavy atom. The Bertz CT molecular complexity index is 994. The van der Waals surface area contributed by atoms with E-state index in [-0.39, 0.29) is 6.54 Å². The first-order valence-corrected chi connectivity index (χ1v) is 11.2. The Kier molecular flexibility index (Phi) is 6.21. The maximum absolute atomic E-state index is 12.6. The van der Waals surface area contributed by atoms with E-state index in [2.05, 4.69) is 10.2 Å². The summed E-state index contributed by atoms with van der Waals surface area (Å²) in [5.41, 5.74) is 1.68. The molecule has 0 spiro atoms. The van der Waals surface area contributed by atoms with Gasteiger partial charge in [0, 0.05) is 34.2 Å². The number of anilines is 2. The first-order chi connectivity index (χ1) is 14.5. The molecule has 2 saturated heterocycles. The van der Waals surface area contributed by atoms with Crippen LogP contribution in [0.3, 0.4) is 0 Å². The van der Waals surface area contributed by atoms with E-state index < -0.39 is 17.1 Å². The standard InChI is InChI=1S/C21H21N3O4S2/c1-14-2-7-17(29-14)12-18-20(26)24(21(27)30-18)13-19(25)22-15-3-5-16(6-4-15)23-8-10-28-11-9-23/h2-7,12H,8-11,13H2,1H3,(H,22,25)/b18-12+. The number of rotatable bonds is 5. The van der Waals surface area contributed by atoms with Gasteiger partial charge in [-0.1, -0.05) is 0 Å². The largest absolute Gasteiger partial charge is 0.378 e. The second kappa shape index (κ2) is 9.03. The Balaban J connectivity index is 1.36. The van der Waals surface area contributed by atoms with Gasteiger partial charge in [0.2, 0.25) is 5.91 Å². The lowest BCUT2D eigenvalue weighted by molar-refractivity contribution is -0.127. The molecule has 7 nitrogen and oxygen atoms in total. The number of ether oxygens (including phenoxy) is 1. The average Bonchev–Trinajstić information content (AvgIpc) is 3.27. The molecule has 2 aliphatic heterocycles. The normalized spacial score (nSPS) is 18.4. The molecule has 156 valence electrons. The minimum Gasteiger partial charge on any atom is -0.378 e. The molecule has 2 aromatic rings. The lowest BCUT2D eigenvalue weighted by atomic mass is 10.2. The van der Waals surface area contributed by atoms with E-state index in [1.807, 2.05) is 43.3 Å². The highest BCUT2D eigenvalue weighted by Crippen LogP contribution is 2.33. The van der Waals surface area contributed by atoms with Crippen molar-refractivity contribution in [3.05, 3.63) is 51.1 Å². The van der Waals surface area contributed by atoms with Crippen LogP contribution in [-0.4, -0.2) is 54.8 Å². The number of nitrogens with one attached hydrogen (secondary N) is 1. The van der Waals surface area contributed by atoms with Gasteiger partial charge in [0.05, 0.1) is 18.1 Å². The second-order valence-electron chi connectivity index (χ2n) is 6.91. The molecule has 3 heterocycles. The highest BCUT2D eigenvalue weighted by atomic mass is 32.2. The molecule has 0 atom stereocenters. The minimum absolute atomic E-state index is 0.309.